The number of amides is 2. The third kappa shape index (κ3) is 4.67. The Kier molecular flexibility index (Phi) is 6.13. The number of aryl methyl sites for hydroxylation is 1. The minimum Gasteiger partial charge on any atom is -0.355 e. The van der Waals surface area contributed by atoms with Gasteiger partial charge in [0.1, 0.15) is 0 Å². The maximum atomic E-state index is 12.5. The number of hydrogen-bond donors (Lipinski definition) is 3. The third-order valence-corrected chi connectivity index (χ3v) is 5.31. The molecule has 3 N–H and O–H groups in total. The lowest BCUT2D eigenvalue weighted by atomic mass is 9.90. The van der Waals surface area contributed by atoms with Gasteiger partial charge in [-0.2, -0.15) is 5.10 Å². The first-order valence-corrected chi connectivity index (χ1v) is 9.35. The number of aromatic nitrogens is 2. The van der Waals surface area contributed by atoms with Crippen LogP contribution in [-0.4, -0.2) is 41.2 Å². The molecule has 0 radical (unpaired) electrons. The summed E-state index contributed by atoms with van der Waals surface area (Å²) in [6, 6.07) is 5.37. The maximum absolute atomic E-state index is 12.5. The van der Waals surface area contributed by atoms with Gasteiger partial charge in [0.25, 0.3) is 0 Å². The fraction of sp³-hybridized carbons (Fsp3) is 0.421. The second-order valence-electron chi connectivity index (χ2n) is 6.82. The molecule has 1 saturated heterocycles. The van der Waals surface area contributed by atoms with Crippen LogP contribution < -0.4 is 16.0 Å². The van der Waals surface area contributed by atoms with Crippen molar-refractivity contribution in [1.82, 2.24) is 20.4 Å². The first-order valence-electron chi connectivity index (χ1n) is 8.97. The van der Waals surface area contributed by atoms with E-state index in [0.29, 0.717) is 23.8 Å². The number of benzene rings is 1. The van der Waals surface area contributed by atoms with Crippen LogP contribution in [0.2, 0.25) is 5.02 Å². The lowest BCUT2D eigenvalue weighted by Gasteiger charge is -2.17. The zero-order chi connectivity index (χ0) is 19.4. The van der Waals surface area contributed by atoms with E-state index in [1.165, 1.54) is 0 Å². The van der Waals surface area contributed by atoms with Gasteiger partial charge in [0.05, 0.1) is 12.1 Å². The van der Waals surface area contributed by atoms with Gasteiger partial charge >= 0.3 is 0 Å². The van der Waals surface area contributed by atoms with Crippen molar-refractivity contribution in [2.45, 2.75) is 19.3 Å². The van der Waals surface area contributed by atoms with Gasteiger partial charge in [-0.05, 0) is 30.2 Å². The maximum Gasteiger partial charge on any atom is 0.226 e. The molecule has 7 nitrogen and oxygen atoms in total. The lowest BCUT2D eigenvalue weighted by molar-refractivity contribution is -0.124. The van der Waals surface area contributed by atoms with Gasteiger partial charge in [0.15, 0.2) is 0 Å². The van der Waals surface area contributed by atoms with E-state index in [9.17, 15) is 9.59 Å². The molecule has 1 aromatic heterocycles. The van der Waals surface area contributed by atoms with Crippen molar-refractivity contribution >= 4 is 29.1 Å². The SMILES string of the molecule is Cc1c(Cl)cccc1NC(=O)CCNC(=O)[C@H]1CNC[C@@H]1c1cnn(C)c1. The van der Waals surface area contributed by atoms with E-state index >= 15 is 0 Å². The lowest BCUT2D eigenvalue weighted by Crippen LogP contribution is -2.36. The number of rotatable bonds is 6. The van der Waals surface area contributed by atoms with Crippen LogP contribution in [0, 0.1) is 12.8 Å². The van der Waals surface area contributed by atoms with Crippen molar-refractivity contribution in [2.24, 2.45) is 13.0 Å². The number of halogens is 1. The highest BCUT2D eigenvalue weighted by molar-refractivity contribution is 6.31. The molecule has 1 aliphatic heterocycles. The Hall–Kier alpha value is -2.38. The van der Waals surface area contributed by atoms with Gasteiger partial charge in [-0.1, -0.05) is 17.7 Å². The molecule has 0 unspecified atom stereocenters. The second-order valence-corrected chi connectivity index (χ2v) is 7.23. The van der Waals surface area contributed by atoms with Crippen molar-refractivity contribution in [3.05, 3.63) is 46.7 Å². The van der Waals surface area contributed by atoms with E-state index in [1.54, 1.807) is 29.1 Å². The Morgan fingerprint density at radius 2 is 2.19 bits per heavy atom. The summed E-state index contributed by atoms with van der Waals surface area (Å²) in [5.74, 6) is -0.260. The van der Waals surface area contributed by atoms with Gasteiger partial charge < -0.3 is 16.0 Å². The highest BCUT2D eigenvalue weighted by Gasteiger charge is 2.34. The van der Waals surface area contributed by atoms with Crippen LogP contribution in [-0.2, 0) is 16.6 Å². The van der Waals surface area contributed by atoms with Gasteiger partial charge in [-0.25, -0.2) is 0 Å². The van der Waals surface area contributed by atoms with E-state index in [1.807, 2.05) is 20.2 Å². The minimum absolute atomic E-state index is 0.0411. The summed E-state index contributed by atoms with van der Waals surface area (Å²) < 4.78 is 1.74. The topological polar surface area (TPSA) is 88.1 Å². The Morgan fingerprint density at radius 1 is 1.37 bits per heavy atom. The molecule has 2 aromatic rings. The van der Waals surface area contributed by atoms with E-state index in [-0.39, 0.29) is 30.1 Å². The largest absolute Gasteiger partial charge is 0.355 e. The fourth-order valence-corrected chi connectivity index (χ4v) is 3.50. The highest BCUT2D eigenvalue weighted by atomic mass is 35.5. The summed E-state index contributed by atoms with van der Waals surface area (Å²) in [5.41, 5.74) is 2.57. The van der Waals surface area contributed by atoms with Gasteiger partial charge in [-0.15, -0.1) is 0 Å². The molecule has 3 rings (SSSR count). The average Bonchev–Trinajstić information content (AvgIpc) is 3.27. The molecular weight excluding hydrogens is 366 g/mol. The summed E-state index contributed by atoms with van der Waals surface area (Å²) in [4.78, 5) is 24.7. The predicted octanol–water partition coefficient (Wildman–Crippen LogP) is 1.83. The van der Waals surface area contributed by atoms with Gasteiger partial charge in [-0.3, -0.25) is 14.3 Å². The molecule has 0 saturated carbocycles. The Labute approximate surface area is 163 Å². The van der Waals surface area contributed by atoms with E-state index in [2.05, 4.69) is 21.0 Å². The smallest absolute Gasteiger partial charge is 0.226 e. The number of hydrogen-bond acceptors (Lipinski definition) is 4. The highest BCUT2D eigenvalue weighted by Crippen LogP contribution is 2.28. The fourth-order valence-electron chi connectivity index (χ4n) is 3.32. The third-order valence-electron chi connectivity index (χ3n) is 4.90. The molecule has 0 bridgehead atoms. The van der Waals surface area contributed by atoms with Crippen LogP contribution in [0.4, 0.5) is 5.69 Å². The minimum atomic E-state index is -0.160. The molecule has 1 aliphatic rings. The normalized spacial score (nSPS) is 19.1. The van der Waals surface area contributed by atoms with Crippen LogP contribution >= 0.6 is 11.6 Å². The summed E-state index contributed by atoms with van der Waals surface area (Å²) in [6.45, 7) is 3.52. The molecule has 144 valence electrons. The van der Waals surface area contributed by atoms with Gasteiger partial charge in [0.2, 0.25) is 11.8 Å². The molecule has 1 aromatic carbocycles. The van der Waals surface area contributed by atoms with Crippen molar-refractivity contribution in [3.63, 3.8) is 0 Å². The Bertz CT molecular complexity index is 835. The summed E-state index contributed by atoms with van der Waals surface area (Å²) in [7, 11) is 1.86. The van der Waals surface area contributed by atoms with E-state index in [0.717, 1.165) is 17.7 Å². The van der Waals surface area contributed by atoms with Crippen LogP contribution in [0.1, 0.15) is 23.5 Å². The number of carbonyl (C=O) groups is 2. The zero-order valence-electron chi connectivity index (χ0n) is 15.5. The number of nitrogens with zero attached hydrogens (tertiary/aromatic N) is 2. The Morgan fingerprint density at radius 3 is 2.93 bits per heavy atom. The predicted molar refractivity (Wildman–Crippen MR) is 105 cm³/mol. The number of carbonyl (C=O) groups excluding carboxylic acids is 2. The molecule has 0 spiro atoms. The number of nitrogens with one attached hydrogen (secondary N) is 3. The molecule has 8 heteroatoms. The van der Waals surface area contributed by atoms with Crippen molar-refractivity contribution in [3.8, 4) is 0 Å². The molecule has 1 fully saturated rings. The summed E-state index contributed by atoms with van der Waals surface area (Å²) >= 11 is 6.06. The summed E-state index contributed by atoms with van der Waals surface area (Å²) in [5, 5.41) is 13.8. The van der Waals surface area contributed by atoms with Crippen molar-refractivity contribution < 1.29 is 9.59 Å². The molecule has 2 atom stereocenters. The van der Waals surface area contributed by atoms with E-state index < -0.39 is 0 Å². The van der Waals surface area contributed by atoms with Crippen LogP contribution in [0.5, 0.6) is 0 Å². The van der Waals surface area contributed by atoms with Crippen LogP contribution in [0.3, 0.4) is 0 Å². The molecule has 0 aliphatic carbocycles. The van der Waals surface area contributed by atoms with Crippen LogP contribution in [0.15, 0.2) is 30.6 Å². The van der Waals surface area contributed by atoms with Crippen LogP contribution in [0.25, 0.3) is 0 Å². The standard InChI is InChI=1S/C19H24ClN5O2/c1-12-16(20)4-3-5-17(12)24-18(26)6-7-22-19(27)15-10-21-9-14(15)13-8-23-25(2)11-13/h3-5,8,11,14-15,21H,6-7,9-10H2,1-2H3,(H,22,27)(H,24,26)/t14-,15+/m1/s1. The summed E-state index contributed by atoms with van der Waals surface area (Å²) in [6.07, 6.45) is 3.95. The molecule has 2 heterocycles. The quantitative estimate of drug-likeness (QED) is 0.703. The van der Waals surface area contributed by atoms with Gasteiger partial charge in [0, 0.05) is 55.9 Å². The Balaban J connectivity index is 1.49. The zero-order valence-corrected chi connectivity index (χ0v) is 16.2. The second kappa shape index (κ2) is 8.54. The first-order chi connectivity index (χ1) is 13.0. The van der Waals surface area contributed by atoms with Crippen molar-refractivity contribution in [1.29, 1.82) is 0 Å². The average molecular weight is 390 g/mol. The first kappa shape index (κ1) is 19.4. The van der Waals surface area contributed by atoms with Crippen molar-refractivity contribution in [2.75, 3.05) is 25.0 Å². The number of anilines is 1. The monoisotopic (exact) mass is 389 g/mol. The molecular formula is C19H24ClN5O2. The molecule has 27 heavy (non-hydrogen) atoms. The molecule has 2 amide bonds. The van der Waals surface area contributed by atoms with E-state index in [4.69, 9.17) is 11.6 Å².